The van der Waals surface area contributed by atoms with Crippen LogP contribution < -0.4 is 4.90 Å². The van der Waals surface area contributed by atoms with Crippen LogP contribution in [0.25, 0.3) is 0 Å². The lowest BCUT2D eigenvalue weighted by atomic mass is 10.2. The molecule has 0 N–H and O–H groups in total. The molecule has 24 heavy (non-hydrogen) atoms. The topological polar surface area (TPSA) is 36.4 Å². The van der Waals surface area contributed by atoms with Crippen molar-refractivity contribution in [3.8, 4) is 0 Å². The lowest BCUT2D eigenvalue weighted by Crippen LogP contribution is -2.49. The number of piperazine rings is 1. The summed E-state index contributed by atoms with van der Waals surface area (Å²) in [5.41, 5.74) is 2.26. The van der Waals surface area contributed by atoms with Crippen LogP contribution in [0.2, 0.25) is 0 Å². The van der Waals surface area contributed by atoms with Crippen LogP contribution >= 0.6 is 39.0 Å². The second-order valence-electron chi connectivity index (χ2n) is 5.84. The van der Waals surface area contributed by atoms with Crippen LogP contribution in [0.4, 0.5) is 5.13 Å². The molecule has 7 heteroatoms. The number of hydrogen-bond donors (Lipinski definition) is 0. The molecule has 3 rings (SSSR count). The van der Waals surface area contributed by atoms with Gasteiger partial charge in [-0.3, -0.25) is 4.79 Å². The number of aryl methyl sites for hydroxylation is 2. The smallest absolute Gasteiger partial charge is 0.233 e. The predicted octanol–water partition coefficient (Wildman–Crippen LogP) is 3.96. The third-order valence-corrected chi connectivity index (χ3v) is 6.67. The van der Waals surface area contributed by atoms with Crippen molar-refractivity contribution in [3.05, 3.63) is 39.3 Å². The largest absolute Gasteiger partial charge is 0.345 e. The molecule has 1 aromatic carbocycles. The third-order valence-electron chi connectivity index (χ3n) is 4.00. The van der Waals surface area contributed by atoms with Gasteiger partial charge in [-0.05, 0) is 37.6 Å². The summed E-state index contributed by atoms with van der Waals surface area (Å²) >= 11 is 6.77. The third kappa shape index (κ3) is 4.32. The highest BCUT2D eigenvalue weighted by atomic mass is 79.9. The highest BCUT2D eigenvalue weighted by molar-refractivity contribution is 9.10. The molecule has 4 nitrogen and oxygen atoms in total. The van der Waals surface area contributed by atoms with Crippen molar-refractivity contribution < 1.29 is 4.79 Å². The van der Waals surface area contributed by atoms with Gasteiger partial charge in [0.2, 0.25) is 5.91 Å². The van der Waals surface area contributed by atoms with E-state index in [4.69, 9.17) is 0 Å². The zero-order valence-electron chi connectivity index (χ0n) is 13.8. The molecule has 0 spiro atoms. The van der Waals surface area contributed by atoms with E-state index in [0.717, 1.165) is 41.5 Å². The van der Waals surface area contributed by atoms with Gasteiger partial charge in [-0.15, -0.1) is 23.1 Å². The Labute approximate surface area is 159 Å². The van der Waals surface area contributed by atoms with Crippen LogP contribution in [-0.4, -0.2) is 47.7 Å². The molecule has 0 atom stereocenters. The maximum atomic E-state index is 12.5. The quantitative estimate of drug-likeness (QED) is 0.694. The van der Waals surface area contributed by atoms with Gasteiger partial charge in [-0.25, -0.2) is 4.98 Å². The normalized spacial score (nSPS) is 15.0. The second-order valence-corrected chi connectivity index (χ2v) is 8.61. The number of thiazole rings is 1. The van der Waals surface area contributed by atoms with E-state index < -0.39 is 0 Å². The van der Waals surface area contributed by atoms with E-state index in [0.29, 0.717) is 5.75 Å². The van der Waals surface area contributed by atoms with E-state index in [-0.39, 0.29) is 5.91 Å². The van der Waals surface area contributed by atoms with Gasteiger partial charge >= 0.3 is 0 Å². The lowest BCUT2D eigenvalue weighted by Gasteiger charge is -2.34. The number of rotatable bonds is 4. The number of anilines is 1. The van der Waals surface area contributed by atoms with E-state index in [2.05, 4.69) is 50.3 Å². The summed E-state index contributed by atoms with van der Waals surface area (Å²) in [5, 5.41) is 3.14. The molecule has 0 bridgehead atoms. The Morgan fingerprint density at radius 1 is 1.29 bits per heavy atom. The zero-order valence-corrected chi connectivity index (χ0v) is 17.0. The SMILES string of the molecule is Cc1csc(N2CCN(C(=O)CSc3ccc(Br)cc3C)CC2)n1. The highest BCUT2D eigenvalue weighted by Gasteiger charge is 2.22. The molecule has 0 saturated carbocycles. The van der Waals surface area contributed by atoms with Crippen molar-refractivity contribution in [1.29, 1.82) is 0 Å². The van der Waals surface area contributed by atoms with Gasteiger partial charge in [0.05, 0.1) is 11.4 Å². The number of hydrogen-bond acceptors (Lipinski definition) is 5. The van der Waals surface area contributed by atoms with E-state index >= 15 is 0 Å². The average molecular weight is 426 g/mol. The maximum Gasteiger partial charge on any atom is 0.233 e. The fraction of sp³-hybridized carbons (Fsp3) is 0.412. The molecule has 0 aliphatic carbocycles. The Kier molecular flexibility index (Phi) is 5.84. The summed E-state index contributed by atoms with van der Waals surface area (Å²) in [6.07, 6.45) is 0. The Morgan fingerprint density at radius 2 is 2.04 bits per heavy atom. The number of halogens is 1. The van der Waals surface area contributed by atoms with E-state index in [1.165, 1.54) is 10.5 Å². The number of thioether (sulfide) groups is 1. The van der Waals surface area contributed by atoms with Gasteiger partial charge in [0, 0.05) is 40.9 Å². The minimum absolute atomic E-state index is 0.220. The summed E-state index contributed by atoms with van der Waals surface area (Å²) in [4.78, 5) is 22.4. The molecule has 1 aromatic heterocycles. The van der Waals surface area contributed by atoms with Gasteiger partial charge in [0.15, 0.2) is 5.13 Å². The number of amides is 1. The van der Waals surface area contributed by atoms with Crippen molar-refractivity contribution in [1.82, 2.24) is 9.88 Å². The molecular weight excluding hydrogens is 406 g/mol. The molecule has 0 radical (unpaired) electrons. The number of nitrogens with zero attached hydrogens (tertiary/aromatic N) is 3. The van der Waals surface area contributed by atoms with Crippen LogP contribution in [0.15, 0.2) is 32.9 Å². The minimum atomic E-state index is 0.220. The Morgan fingerprint density at radius 3 is 2.67 bits per heavy atom. The van der Waals surface area contributed by atoms with Crippen molar-refractivity contribution in [2.45, 2.75) is 18.7 Å². The van der Waals surface area contributed by atoms with E-state index in [1.807, 2.05) is 17.9 Å². The Balaban J connectivity index is 1.50. The molecule has 1 aliphatic heterocycles. The standard InChI is InChI=1S/C17H20BrN3OS2/c1-12-9-14(18)3-4-15(12)23-11-16(22)20-5-7-21(8-6-20)17-19-13(2)10-24-17/h3-4,9-10H,5-8,11H2,1-2H3. The van der Waals surface area contributed by atoms with Gasteiger partial charge in [0.1, 0.15) is 0 Å². The first-order valence-corrected chi connectivity index (χ1v) is 10.5. The van der Waals surface area contributed by atoms with E-state index in [1.54, 1.807) is 23.1 Å². The molecule has 1 saturated heterocycles. The molecule has 0 unspecified atom stereocenters. The number of carbonyl (C=O) groups is 1. The fourth-order valence-electron chi connectivity index (χ4n) is 2.64. The van der Waals surface area contributed by atoms with Crippen molar-refractivity contribution in [2.75, 3.05) is 36.8 Å². The maximum absolute atomic E-state index is 12.5. The highest BCUT2D eigenvalue weighted by Crippen LogP contribution is 2.26. The molecule has 2 heterocycles. The number of benzene rings is 1. The number of aromatic nitrogens is 1. The summed E-state index contributed by atoms with van der Waals surface area (Å²) in [7, 11) is 0. The monoisotopic (exact) mass is 425 g/mol. The first-order chi connectivity index (χ1) is 11.5. The summed E-state index contributed by atoms with van der Waals surface area (Å²) < 4.78 is 1.07. The lowest BCUT2D eigenvalue weighted by molar-refractivity contribution is -0.128. The molecule has 128 valence electrons. The van der Waals surface area contributed by atoms with Crippen molar-refractivity contribution >= 4 is 50.1 Å². The van der Waals surface area contributed by atoms with E-state index in [9.17, 15) is 4.79 Å². The zero-order chi connectivity index (χ0) is 17.1. The molecular formula is C17H20BrN3OS2. The molecule has 1 amide bonds. The second kappa shape index (κ2) is 7.89. The summed E-state index contributed by atoms with van der Waals surface area (Å²) in [6.45, 7) is 7.36. The van der Waals surface area contributed by atoms with Crippen LogP contribution in [0, 0.1) is 13.8 Å². The predicted molar refractivity (Wildman–Crippen MR) is 105 cm³/mol. The summed E-state index contributed by atoms with van der Waals surface area (Å²) in [6, 6.07) is 6.18. The Bertz CT molecular complexity index is 726. The Hall–Kier alpha value is -1.05. The first-order valence-electron chi connectivity index (χ1n) is 7.87. The van der Waals surface area contributed by atoms with Crippen LogP contribution in [0.1, 0.15) is 11.3 Å². The molecule has 1 aliphatic rings. The van der Waals surface area contributed by atoms with Gasteiger partial charge in [0.25, 0.3) is 0 Å². The molecule has 1 fully saturated rings. The van der Waals surface area contributed by atoms with Crippen molar-refractivity contribution in [2.24, 2.45) is 0 Å². The van der Waals surface area contributed by atoms with Crippen LogP contribution in [0.5, 0.6) is 0 Å². The fourth-order valence-corrected chi connectivity index (χ4v) is 4.88. The van der Waals surface area contributed by atoms with Gasteiger partial charge in [-0.1, -0.05) is 15.9 Å². The molecule has 2 aromatic rings. The van der Waals surface area contributed by atoms with Gasteiger partial charge in [-0.2, -0.15) is 0 Å². The van der Waals surface area contributed by atoms with Crippen molar-refractivity contribution in [3.63, 3.8) is 0 Å². The van der Waals surface area contributed by atoms with Crippen LogP contribution in [0.3, 0.4) is 0 Å². The number of carbonyl (C=O) groups excluding carboxylic acids is 1. The summed E-state index contributed by atoms with van der Waals surface area (Å²) in [5.74, 6) is 0.719. The first kappa shape index (κ1) is 17.8. The van der Waals surface area contributed by atoms with Crippen LogP contribution in [-0.2, 0) is 4.79 Å². The van der Waals surface area contributed by atoms with Gasteiger partial charge < -0.3 is 9.80 Å². The minimum Gasteiger partial charge on any atom is -0.345 e. The average Bonchev–Trinajstić information content (AvgIpc) is 3.00.